The fourth-order valence-corrected chi connectivity index (χ4v) is 2.66. The number of fused-ring (bicyclic) bond motifs is 1. The van der Waals surface area contributed by atoms with Gasteiger partial charge in [-0.1, -0.05) is 18.2 Å². The fourth-order valence-electron chi connectivity index (χ4n) is 1.48. The van der Waals surface area contributed by atoms with E-state index in [1.54, 1.807) is 0 Å². The summed E-state index contributed by atoms with van der Waals surface area (Å²) < 4.78 is 0. The van der Waals surface area contributed by atoms with Crippen LogP contribution in [0.5, 0.6) is 0 Å². The van der Waals surface area contributed by atoms with Crippen LogP contribution in [0, 0.1) is 0 Å². The van der Waals surface area contributed by atoms with E-state index in [4.69, 9.17) is 0 Å². The Labute approximate surface area is 83.2 Å². The molecule has 13 heavy (non-hydrogen) atoms. The lowest BCUT2D eigenvalue weighted by Crippen LogP contribution is -2.20. The first-order chi connectivity index (χ1) is 6.40. The number of allylic oxidation sites excluding steroid dienone is 1. The number of hydrogen-bond acceptors (Lipinski definition) is 2. The smallest absolute Gasteiger partial charge is 0.0478 e. The van der Waals surface area contributed by atoms with Crippen molar-refractivity contribution in [1.82, 2.24) is 0 Å². The summed E-state index contributed by atoms with van der Waals surface area (Å²) in [6.07, 6.45) is 3.07. The number of anilines is 1. The highest BCUT2D eigenvalue weighted by Crippen LogP contribution is 2.35. The van der Waals surface area contributed by atoms with Gasteiger partial charge in [-0.15, -0.1) is 18.3 Å². The lowest BCUT2D eigenvalue weighted by Gasteiger charge is -2.24. The van der Waals surface area contributed by atoms with Gasteiger partial charge in [-0.05, 0) is 18.6 Å². The molecule has 1 nitrogen and oxygen atoms in total. The second-order valence-corrected chi connectivity index (χ2v) is 4.48. The predicted molar refractivity (Wildman–Crippen MR) is 59.4 cm³/mol. The van der Waals surface area contributed by atoms with Crippen LogP contribution in [0.1, 0.15) is 6.42 Å². The molecule has 1 aliphatic heterocycles. The van der Waals surface area contributed by atoms with Crippen LogP contribution in [0.25, 0.3) is 0 Å². The zero-order chi connectivity index (χ0) is 9.10. The topological polar surface area (TPSA) is 12.0 Å². The molecule has 68 valence electrons. The van der Waals surface area contributed by atoms with Crippen molar-refractivity contribution in [2.75, 3.05) is 11.9 Å². The molecule has 0 fully saturated rings. The first-order valence-electron chi connectivity index (χ1n) is 4.50. The largest absolute Gasteiger partial charge is 0.383 e. The van der Waals surface area contributed by atoms with Gasteiger partial charge in [0, 0.05) is 22.4 Å². The molecule has 1 unspecified atom stereocenters. The van der Waals surface area contributed by atoms with Gasteiger partial charge in [0.15, 0.2) is 0 Å². The summed E-state index contributed by atoms with van der Waals surface area (Å²) in [6.45, 7) is 4.82. The van der Waals surface area contributed by atoms with E-state index in [0.29, 0.717) is 5.25 Å². The van der Waals surface area contributed by atoms with Crippen molar-refractivity contribution in [2.24, 2.45) is 0 Å². The van der Waals surface area contributed by atoms with Gasteiger partial charge in [0.05, 0.1) is 0 Å². The SMILES string of the molecule is C=CCC1CNc2ccccc2S1. The van der Waals surface area contributed by atoms with Crippen LogP contribution >= 0.6 is 11.8 Å². The van der Waals surface area contributed by atoms with E-state index in [1.807, 2.05) is 17.8 Å². The van der Waals surface area contributed by atoms with Gasteiger partial charge in [-0.3, -0.25) is 0 Å². The van der Waals surface area contributed by atoms with E-state index in [9.17, 15) is 0 Å². The van der Waals surface area contributed by atoms with Gasteiger partial charge < -0.3 is 5.32 Å². The number of para-hydroxylation sites is 1. The fraction of sp³-hybridized carbons (Fsp3) is 0.273. The van der Waals surface area contributed by atoms with Crippen LogP contribution in [0.4, 0.5) is 5.69 Å². The third-order valence-electron chi connectivity index (χ3n) is 2.13. The third-order valence-corrected chi connectivity index (χ3v) is 3.43. The maximum Gasteiger partial charge on any atom is 0.0478 e. The Kier molecular flexibility index (Phi) is 2.60. The van der Waals surface area contributed by atoms with E-state index in [2.05, 4.69) is 36.2 Å². The van der Waals surface area contributed by atoms with Crippen molar-refractivity contribution < 1.29 is 0 Å². The van der Waals surface area contributed by atoms with Crippen LogP contribution in [0.2, 0.25) is 0 Å². The van der Waals surface area contributed by atoms with Crippen LogP contribution in [-0.2, 0) is 0 Å². The van der Waals surface area contributed by atoms with E-state index in [1.165, 1.54) is 10.6 Å². The van der Waals surface area contributed by atoms with E-state index in [0.717, 1.165) is 13.0 Å². The summed E-state index contributed by atoms with van der Waals surface area (Å²) in [5, 5.41) is 4.07. The summed E-state index contributed by atoms with van der Waals surface area (Å²) in [7, 11) is 0. The molecule has 1 heterocycles. The van der Waals surface area contributed by atoms with Crippen molar-refractivity contribution in [3.05, 3.63) is 36.9 Å². The Morgan fingerprint density at radius 1 is 1.54 bits per heavy atom. The number of rotatable bonds is 2. The predicted octanol–water partition coefficient (Wildman–Crippen LogP) is 3.15. The van der Waals surface area contributed by atoms with Gasteiger partial charge in [0.25, 0.3) is 0 Å². The summed E-state index contributed by atoms with van der Waals surface area (Å²) in [5.41, 5.74) is 1.27. The quantitative estimate of drug-likeness (QED) is 0.721. The first kappa shape index (κ1) is 8.70. The average molecular weight is 191 g/mol. The Balaban J connectivity index is 2.15. The Bertz CT molecular complexity index is 309. The average Bonchev–Trinajstić information content (AvgIpc) is 2.18. The maximum atomic E-state index is 3.77. The third kappa shape index (κ3) is 1.89. The summed E-state index contributed by atoms with van der Waals surface area (Å²) in [4.78, 5) is 1.36. The monoisotopic (exact) mass is 191 g/mol. The Morgan fingerprint density at radius 3 is 3.23 bits per heavy atom. The molecule has 0 saturated heterocycles. The summed E-state index contributed by atoms with van der Waals surface area (Å²) in [6, 6.07) is 8.46. The van der Waals surface area contributed by atoms with E-state index >= 15 is 0 Å². The molecular weight excluding hydrogens is 178 g/mol. The molecule has 1 aromatic carbocycles. The minimum atomic E-state index is 0.646. The molecule has 0 aromatic heterocycles. The van der Waals surface area contributed by atoms with Crippen LogP contribution in [0.15, 0.2) is 41.8 Å². The molecule has 0 aliphatic carbocycles. The van der Waals surface area contributed by atoms with Crippen LogP contribution < -0.4 is 5.32 Å². The number of hydrogen-bond donors (Lipinski definition) is 1. The standard InChI is InChI=1S/C11H13NS/c1-2-5-9-8-12-10-6-3-4-7-11(10)13-9/h2-4,6-7,9,12H,1,5,8H2. The van der Waals surface area contributed by atoms with Crippen molar-refractivity contribution in [3.8, 4) is 0 Å². The highest BCUT2D eigenvalue weighted by molar-refractivity contribution is 8.00. The molecule has 2 rings (SSSR count). The lowest BCUT2D eigenvalue weighted by molar-refractivity contribution is 0.895. The molecule has 0 bridgehead atoms. The highest BCUT2D eigenvalue weighted by Gasteiger charge is 2.16. The summed E-state index contributed by atoms with van der Waals surface area (Å²) >= 11 is 1.95. The highest BCUT2D eigenvalue weighted by atomic mass is 32.2. The van der Waals surface area contributed by atoms with Crippen molar-refractivity contribution in [2.45, 2.75) is 16.6 Å². The molecule has 0 radical (unpaired) electrons. The maximum absolute atomic E-state index is 3.77. The molecule has 2 heteroatoms. The molecule has 0 amide bonds. The number of nitrogens with one attached hydrogen (secondary N) is 1. The van der Waals surface area contributed by atoms with Gasteiger partial charge in [0.1, 0.15) is 0 Å². The van der Waals surface area contributed by atoms with Crippen molar-refractivity contribution in [3.63, 3.8) is 0 Å². The Hall–Kier alpha value is -0.890. The zero-order valence-electron chi connectivity index (χ0n) is 7.49. The first-order valence-corrected chi connectivity index (χ1v) is 5.38. The zero-order valence-corrected chi connectivity index (χ0v) is 8.31. The molecule has 1 N–H and O–H groups in total. The van der Waals surface area contributed by atoms with E-state index < -0.39 is 0 Å². The Morgan fingerprint density at radius 2 is 2.38 bits per heavy atom. The van der Waals surface area contributed by atoms with Gasteiger partial charge in [-0.2, -0.15) is 0 Å². The minimum absolute atomic E-state index is 0.646. The second-order valence-electron chi connectivity index (χ2n) is 3.14. The second kappa shape index (κ2) is 3.88. The molecule has 0 spiro atoms. The lowest BCUT2D eigenvalue weighted by atomic mass is 10.2. The number of benzene rings is 1. The number of thioether (sulfide) groups is 1. The normalized spacial score (nSPS) is 20.2. The van der Waals surface area contributed by atoms with Gasteiger partial charge in [0.2, 0.25) is 0 Å². The molecular formula is C11H13NS. The van der Waals surface area contributed by atoms with Crippen molar-refractivity contribution >= 4 is 17.4 Å². The molecule has 1 aromatic rings. The van der Waals surface area contributed by atoms with Gasteiger partial charge in [-0.25, -0.2) is 0 Å². The minimum Gasteiger partial charge on any atom is -0.383 e. The van der Waals surface area contributed by atoms with Gasteiger partial charge >= 0.3 is 0 Å². The van der Waals surface area contributed by atoms with Crippen LogP contribution in [0.3, 0.4) is 0 Å². The van der Waals surface area contributed by atoms with Crippen LogP contribution in [-0.4, -0.2) is 11.8 Å². The molecule has 1 atom stereocenters. The summed E-state index contributed by atoms with van der Waals surface area (Å²) in [5.74, 6) is 0. The molecule has 0 saturated carbocycles. The van der Waals surface area contributed by atoms with Crippen molar-refractivity contribution in [1.29, 1.82) is 0 Å². The van der Waals surface area contributed by atoms with E-state index in [-0.39, 0.29) is 0 Å². The molecule has 1 aliphatic rings.